The lowest BCUT2D eigenvalue weighted by atomic mass is 10.1. The minimum absolute atomic E-state index is 0.113. The van der Waals surface area contributed by atoms with Crippen LogP contribution in [0.25, 0.3) is 0 Å². The normalized spacial score (nSPS) is 12.5. The van der Waals surface area contributed by atoms with Crippen molar-refractivity contribution in [1.82, 2.24) is 5.32 Å². The maximum absolute atomic E-state index is 13.0. The van der Waals surface area contributed by atoms with Crippen LogP contribution in [0.2, 0.25) is 10.0 Å². The van der Waals surface area contributed by atoms with Crippen molar-refractivity contribution in [1.29, 1.82) is 0 Å². The van der Waals surface area contributed by atoms with Crippen LogP contribution in [-0.2, 0) is 14.8 Å². The number of carbonyl (C=O) groups is 1. The lowest BCUT2D eigenvalue weighted by Gasteiger charge is -2.24. The van der Waals surface area contributed by atoms with E-state index in [4.69, 9.17) is 23.2 Å². The minimum Gasteiger partial charge on any atom is -0.348 e. The largest absolute Gasteiger partial charge is 0.348 e. The number of nitrogens with zero attached hydrogens (tertiary/aromatic N) is 1. The van der Waals surface area contributed by atoms with E-state index in [1.807, 2.05) is 0 Å². The van der Waals surface area contributed by atoms with Crippen molar-refractivity contribution in [3.8, 4) is 0 Å². The van der Waals surface area contributed by atoms with E-state index in [1.54, 1.807) is 19.1 Å². The predicted octanol–water partition coefficient (Wildman–Crippen LogP) is 3.78. The summed E-state index contributed by atoms with van der Waals surface area (Å²) in [4.78, 5) is 12.3. The van der Waals surface area contributed by atoms with Crippen molar-refractivity contribution in [2.45, 2.75) is 13.0 Å². The van der Waals surface area contributed by atoms with Gasteiger partial charge in [0.25, 0.3) is 0 Å². The topological polar surface area (TPSA) is 66.5 Å². The summed E-state index contributed by atoms with van der Waals surface area (Å²) in [5.74, 6) is -0.911. The molecule has 0 aliphatic carbocycles. The highest BCUT2D eigenvalue weighted by atomic mass is 35.5. The molecule has 0 heterocycles. The van der Waals surface area contributed by atoms with Gasteiger partial charge in [-0.1, -0.05) is 35.3 Å². The van der Waals surface area contributed by atoms with Crippen LogP contribution in [0.5, 0.6) is 0 Å². The Morgan fingerprint density at radius 1 is 1.19 bits per heavy atom. The van der Waals surface area contributed by atoms with E-state index in [0.29, 0.717) is 10.6 Å². The molecule has 5 nitrogen and oxygen atoms in total. The molecule has 0 aliphatic heterocycles. The Kier molecular flexibility index (Phi) is 6.49. The number of hydrogen-bond acceptors (Lipinski definition) is 3. The standard InChI is InChI=1S/C17H17Cl2FN2O3S/c1-11(12-3-6-14(20)7-4-12)21-17(23)10-22(26(2,24)25)16-8-5-13(18)9-15(16)19/h3-9,11H,10H2,1-2H3,(H,21,23)/t11-/m1/s1. The predicted molar refractivity (Wildman–Crippen MR) is 102 cm³/mol. The molecule has 0 fully saturated rings. The van der Waals surface area contributed by atoms with Crippen molar-refractivity contribution in [2.75, 3.05) is 17.1 Å². The zero-order valence-corrected chi connectivity index (χ0v) is 16.4. The first-order valence-corrected chi connectivity index (χ1v) is 10.2. The number of halogens is 3. The van der Waals surface area contributed by atoms with Gasteiger partial charge in [-0.05, 0) is 42.8 Å². The molecule has 0 spiro atoms. The molecule has 26 heavy (non-hydrogen) atoms. The highest BCUT2D eigenvalue weighted by Crippen LogP contribution is 2.30. The Morgan fingerprint density at radius 2 is 1.81 bits per heavy atom. The van der Waals surface area contributed by atoms with Crippen LogP contribution < -0.4 is 9.62 Å². The first-order chi connectivity index (χ1) is 12.1. The van der Waals surface area contributed by atoms with Crippen molar-refractivity contribution < 1.29 is 17.6 Å². The van der Waals surface area contributed by atoms with Crippen LogP contribution in [0.1, 0.15) is 18.5 Å². The Morgan fingerprint density at radius 3 is 2.35 bits per heavy atom. The second kappa shape index (κ2) is 8.24. The molecule has 0 aliphatic rings. The molecular formula is C17H17Cl2FN2O3S. The number of rotatable bonds is 6. The Labute approximate surface area is 161 Å². The molecule has 2 aromatic rings. The second-order valence-corrected chi connectivity index (χ2v) is 8.46. The zero-order valence-electron chi connectivity index (χ0n) is 14.0. The Hall–Kier alpha value is -1.83. The molecule has 0 unspecified atom stereocenters. The van der Waals surface area contributed by atoms with Crippen molar-refractivity contribution in [2.24, 2.45) is 0 Å². The van der Waals surface area contributed by atoms with Crippen LogP contribution in [0, 0.1) is 5.82 Å². The zero-order chi connectivity index (χ0) is 19.5. The number of anilines is 1. The van der Waals surface area contributed by atoms with Crippen LogP contribution >= 0.6 is 23.2 Å². The summed E-state index contributed by atoms with van der Waals surface area (Å²) < 4.78 is 38.1. The van der Waals surface area contributed by atoms with Crippen molar-refractivity contribution in [3.05, 3.63) is 63.9 Å². The van der Waals surface area contributed by atoms with Gasteiger partial charge >= 0.3 is 0 Å². The number of nitrogens with one attached hydrogen (secondary N) is 1. The van der Waals surface area contributed by atoms with Crippen molar-refractivity contribution >= 4 is 44.8 Å². The van der Waals surface area contributed by atoms with E-state index in [2.05, 4.69) is 5.32 Å². The summed E-state index contributed by atoms with van der Waals surface area (Å²) in [5, 5.41) is 3.14. The molecule has 2 rings (SSSR count). The first kappa shape index (κ1) is 20.5. The van der Waals surface area contributed by atoms with Crippen LogP contribution in [0.4, 0.5) is 10.1 Å². The molecular weight excluding hydrogens is 402 g/mol. The van der Waals surface area contributed by atoms with Gasteiger partial charge in [0, 0.05) is 5.02 Å². The van der Waals surface area contributed by atoms with Gasteiger partial charge in [0.15, 0.2) is 0 Å². The molecule has 1 atom stereocenters. The van der Waals surface area contributed by atoms with E-state index < -0.39 is 28.5 Å². The van der Waals surface area contributed by atoms with Gasteiger partial charge in [0.1, 0.15) is 12.4 Å². The maximum atomic E-state index is 13.0. The monoisotopic (exact) mass is 418 g/mol. The first-order valence-electron chi connectivity index (χ1n) is 7.55. The van der Waals surface area contributed by atoms with Gasteiger partial charge in [-0.3, -0.25) is 9.10 Å². The quantitative estimate of drug-likeness (QED) is 0.775. The highest BCUT2D eigenvalue weighted by Gasteiger charge is 2.24. The fraction of sp³-hybridized carbons (Fsp3) is 0.235. The summed E-state index contributed by atoms with van der Waals surface area (Å²) in [7, 11) is -3.76. The molecule has 0 bridgehead atoms. The molecule has 0 saturated heterocycles. The molecule has 1 N–H and O–H groups in total. The molecule has 0 radical (unpaired) electrons. The molecule has 140 valence electrons. The Bertz CT molecular complexity index is 905. The molecule has 9 heteroatoms. The van der Waals surface area contributed by atoms with E-state index in [-0.39, 0.29) is 16.5 Å². The average Bonchev–Trinajstić information content (AvgIpc) is 2.53. The third kappa shape index (κ3) is 5.33. The SMILES string of the molecule is C[C@@H](NC(=O)CN(c1ccc(Cl)cc1Cl)S(C)(=O)=O)c1ccc(F)cc1. The average molecular weight is 419 g/mol. The summed E-state index contributed by atoms with van der Waals surface area (Å²) in [6.07, 6.45) is 0.981. The third-order valence-electron chi connectivity index (χ3n) is 3.61. The van der Waals surface area contributed by atoms with Crippen LogP contribution in [0.15, 0.2) is 42.5 Å². The molecule has 0 saturated carbocycles. The fourth-order valence-corrected chi connectivity index (χ4v) is 3.75. The maximum Gasteiger partial charge on any atom is 0.241 e. The molecule has 2 aromatic carbocycles. The van der Waals surface area contributed by atoms with Crippen molar-refractivity contribution in [3.63, 3.8) is 0 Å². The van der Waals surface area contributed by atoms with E-state index in [0.717, 1.165) is 10.6 Å². The minimum atomic E-state index is -3.76. The lowest BCUT2D eigenvalue weighted by Crippen LogP contribution is -2.41. The molecule has 0 aromatic heterocycles. The smallest absolute Gasteiger partial charge is 0.241 e. The van der Waals surface area contributed by atoms with Gasteiger partial charge in [-0.2, -0.15) is 0 Å². The van der Waals surface area contributed by atoms with Crippen LogP contribution in [0.3, 0.4) is 0 Å². The number of benzene rings is 2. The summed E-state index contributed by atoms with van der Waals surface area (Å²) in [5.41, 5.74) is 0.846. The fourth-order valence-electron chi connectivity index (χ4n) is 2.32. The number of carbonyl (C=O) groups excluding carboxylic acids is 1. The second-order valence-electron chi connectivity index (χ2n) is 5.71. The van der Waals surface area contributed by atoms with Gasteiger partial charge in [0.05, 0.1) is 23.0 Å². The van der Waals surface area contributed by atoms with E-state index >= 15 is 0 Å². The number of sulfonamides is 1. The van der Waals surface area contributed by atoms with Crippen LogP contribution in [-0.4, -0.2) is 27.1 Å². The van der Waals surface area contributed by atoms with E-state index in [9.17, 15) is 17.6 Å². The summed E-state index contributed by atoms with van der Waals surface area (Å²) in [6.45, 7) is 1.26. The Balaban J connectivity index is 2.18. The van der Waals surface area contributed by atoms with Gasteiger partial charge in [0.2, 0.25) is 15.9 Å². The van der Waals surface area contributed by atoms with E-state index in [1.165, 1.54) is 30.3 Å². The van der Waals surface area contributed by atoms with Gasteiger partial charge in [-0.15, -0.1) is 0 Å². The lowest BCUT2D eigenvalue weighted by molar-refractivity contribution is -0.120. The number of hydrogen-bond donors (Lipinski definition) is 1. The highest BCUT2D eigenvalue weighted by molar-refractivity contribution is 7.92. The van der Waals surface area contributed by atoms with Gasteiger partial charge in [-0.25, -0.2) is 12.8 Å². The number of amides is 1. The molecule has 1 amide bonds. The third-order valence-corrected chi connectivity index (χ3v) is 5.28. The summed E-state index contributed by atoms with van der Waals surface area (Å²) >= 11 is 11.9. The summed E-state index contributed by atoms with van der Waals surface area (Å²) in [6, 6.07) is 9.56. The van der Waals surface area contributed by atoms with Gasteiger partial charge < -0.3 is 5.32 Å².